The summed E-state index contributed by atoms with van der Waals surface area (Å²) in [4.78, 5) is 21.1. The quantitative estimate of drug-likeness (QED) is 0.415. The van der Waals surface area contributed by atoms with Crippen molar-refractivity contribution in [3.8, 4) is 0 Å². The van der Waals surface area contributed by atoms with E-state index < -0.39 is 6.04 Å². The molecule has 1 N–H and O–H groups in total. The summed E-state index contributed by atoms with van der Waals surface area (Å²) in [6, 6.07) is 12.9. The van der Waals surface area contributed by atoms with E-state index in [-0.39, 0.29) is 17.4 Å². The van der Waals surface area contributed by atoms with E-state index in [2.05, 4.69) is 43.3 Å². The predicted molar refractivity (Wildman–Crippen MR) is 146 cm³/mol. The minimum Gasteiger partial charge on any atom is -0.367 e. The molecule has 0 spiro atoms. The van der Waals surface area contributed by atoms with Crippen LogP contribution < -0.4 is 10.5 Å². The Bertz CT molecular complexity index is 1500. The maximum atomic E-state index is 14.5. The van der Waals surface area contributed by atoms with Gasteiger partial charge in [-0.3, -0.25) is 9.69 Å². The van der Waals surface area contributed by atoms with E-state index >= 15 is 0 Å². The molecule has 0 radical (unpaired) electrons. The van der Waals surface area contributed by atoms with Gasteiger partial charge in [0.2, 0.25) is 0 Å². The Labute approximate surface area is 221 Å². The van der Waals surface area contributed by atoms with Crippen LogP contribution in [0.25, 0.3) is 10.9 Å². The topological polar surface area (TPSA) is 82.9 Å². The summed E-state index contributed by atoms with van der Waals surface area (Å²) in [7, 11) is 0. The smallest absolute Gasteiger partial charge is 0.253 e. The summed E-state index contributed by atoms with van der Waals surface area (Å²) < 4.78 is 16.5. The Balaban J connectivity index is 1.41. The Kier molecular flexibility index (Phi) is 6.69. The van der Waals surface area contributed by atoms with Crippen molar-refractivity contribution >= 4 is 16.6 Å². The highest BCUT2D eigenvalue weighted by Gasteiger charge is 2.35. The Morgan fingerprint density at radius 1 is 1.00 bits per heavy atom. The van der Waals surface area contributed by atoms with Crippen LogP contribution in [0.5, 0.6) is 0 Å². The number of halogens is 1. The predicted octanol–water partition coefficient (Wildman–Crippen LogP) is 4.69. The molecule has 1 aliphatic carbocycles. The number of anilines is 1. The van der Waals surface area contributed by atoms with E-state index in [1.807, 2.05) is 35.9 Å². The number of aromatic amines is 1. The average Bonchev–Trinajstić information content (AvgIpc) is 3.40. The highest BCUT2D eigenvalue weighted by Crippen LogP contribution is 2.34. The van der Waals surface area contributed by atoms with Gasteiger partial charge < -0.3 is 9.88 Å². The summed E-state index contributed by atoms with van der Waals surface area (Å²) in [6.45, 7) is 6.71. The molecule has 8 nitrogen and oxygen atoms in total. The first-order chi connectivity index (χ1) is 18.5. The number of rotatable bonds is 5. The number of hydrogen-bond donors (Lipinski definition) is 1. The maximum absolute atomic E-state index is 14.5. The fourth-order valence-electron chi connectivity index (χ4n) is 6.29. The molecule has 3 heterocycles. The second kappa shape index (κ2) is 10.3. The molecule has 2 aromatic carbocycles. The zero-order valence-electron chi connectivity index (χ0n) is 22.0. The van der Waals surface area contributed by atoms with E-state index in [0.717, 1.165) is 47.7 Å². The number of benzene rings is 2. The van der Waals surface area contributed by atoms with Crippen LogP contribution >= 0.6 is 0 Å². The molecule has 1 saturated heterocycles. The minimum absolute atomic E-state index is 0.123. The van der Waals surface area contributed by atoms with Crippen molar-refractivity contribution in [3.05, 3.63) is 81.2 Å². The highest BCUT2D eigenvalue weighted by atomic mass is 19.1. The van der Waals surface area contributed by atoms with Crippen LogP contribution in [0.3, 0.4) is 0 Å². The maximum Gasteiger partial charge on any atom is 0.253 e. The van der Waals surface area contributed by atoms with Gasteiger partial charge in [-0.2, -0.15) is 0 Å². The van der Waals surface area contributed by atoms with Crippen LogP contribution in [0.15, 0.2) is 47.3 Å². The lowest BCUT2D eigenvalue weighted by Crippen LogP contribution is -2.49. The molecule has 1 aliphatic heterocycles. The first kappa shape index (κ1) is 24.7. The summed E-state index contributed by atoms with van der Waals surface area (Å²) in [5, 5.41) is 14.1. The van der Waals surface area contributed by atoms with Crippen molar-refractivity contribution in [2.45, 2.75) is 58.0 Å². The normalized spacial score (nSPS) is 18.2. The van der Waals surface area contributed by atoms with Gasteiger partial charge in [0, 0.05) is 42.6 Å². The van der Waals surface area contributed by atoms with Gasteiger partial charge in [0.05, 0.1) is 11.7 Å². The average molecular weight is 516 g/mol. The first-order valence-corrected chi connectivity index (χ1v) is 13.6. The Morgan fingerprint density at radius 3 is 2.53 bits per heavy atom. The van der Waals surface area contributed by atoms with Crippen molar-refractivity contribution in [1.82, 2.24) is 30.1 Å². The van der Waals surface area contributed by atoms with E-state index in [4.69, 9.17) is 0 Å². The SMILES string of the molecule is Cc1cc(C)c2cc([C@H](c3nnnn3C3CCCCC3)N3CCN(c4ccccc4F)CC3)c(=O)[nH]c2c1. The number of aromatic nitrogens is 5. The van der Waals surface area contributed by atoms with E-state index in [9.17, 15) is 9.18 Å². The van der Waals surface area contributed by atoms with Gasteiger partial charge in [-0.15, -0.1) is 5.10 Å². The summed E-state index contributed by atoms with van der Waals surface area (Å²) in [6.07, 6.45) is 5.63. The molecule has 1 atom stereocenters. The molecular formula is C29H34FN7O. The molecule has 2 fully saturated rings. The molecule has 2 aliphatic rings. The van der Waals surface area contributed by atoms with Gasteiger partial charge in [0.1, 0.15) is 11.9 Å². The Morgan fingerprint density at radius 2 is 1.76 bits per heavy atom. The van der Waals surface area contributed by atoms with E-state index in [0.29, 0.717) is 43.3 Å². The summed E-state index contributed by atoms with van der Waals surface area (Å²) in [5.41, 5.74) is 4.21. The number of nitrogens with zero attached hydrogens (tertiary/aromatic N) is 6. The molecule has 38 heavy (non-hydrogen) atoms. The number of para-hydroxylation sites is 1. The molecule has 9 heteroatoms. The third-order valence-electron chi connectivity index (χ3n) is 8.19. The molecule has 0 bridgehead atoms. The fourth-order valence-corrected chi connectivity index (χ4v) is 6.29. The molecule has 0 amide bonds. The van der Waals surface area contributed by atoms with Crippen molar-refractivity contribution in [1.29, 1.82) is 0 Å². The van der Waals surface area contributed by atoms with Crippen LogP contribution in [0, 0.1) is 19.7 Å². The van der Waals surface area contributed by atoms with Gasteiger partial charge in [0.15, 0.2) is 5.82 Å². The number of pyridine rings is 1. The van der Waals surface area contributed by atoms with Crippen LogP contribution in [0.2, 0.25) is 0 Å². The largest absolute Gasteiger partial charge is 0.367 e. The minimum atomic E-state index is -0.399. The van der Waals surface area contributed by atoms with Crippen molar-refractivity contribution in [2.75, 3.05) is 31.1 Å². The lowest BCUT2D eigenvalue weighted by molar-refractivity contribution is 0.192. The van der Waals surface area contributed by atoms with Gasteiger partial charge in [0.25, 0.3) is 5.56 Å². The number of fused-ring (bicyclic) bond motifs is 1. The van der Waals surface area contributed by atoms with E-state index in [1.54, 1.807) is 6.07 Å². The number of H-pyrrole nitrogens is 1. The van der Waals surface area contributed by atoms with Crippen molar-refractivity contribution in [2.24, 2.45) is 0 Å². The molecule has 2 aromatic heterocycles. The van der Waals surface area contributed by atoms with Crippen LogP contribution in [-0.2, 0) is 0 Å². The molecule has 0 unspecified atom stereocenters. The van der Waals surface area contributed by atoms with Crippen molar-refractivity contribution < 1.29 is 4.39 Å². The lowest BCUT2D eigenvalue weighted by Gasteiger charge is -2.40. The number of hydrogen-bond acceptors (Lipinski definition) is 6. The standard InChI is InChI=1S/C29H34FN7O/c1-19-16-20(2)22-18-23(29(38)31-25(22)17-19)27(28-32-33-34-37(28)21-8-4-3-5-9-21)36-14-12-35(13-15-36)26-11-7-6-10-24(26)30/h6-7,10-11,16-18,21,27H,3-5,8-9,12-15H2,1-2H3,(H,31,38)/t27-/m1/s1. The zero-order chi connectivity index (χ0) is 26.2. The third kappa shape index (κ3) is 4.60. The monoisotopic (exact) mass is 515 g/mol. The summed E-state index contributed by atoms with van der Waals surface area (Å²) in [5.74, 6) is 0.501. The number of aryl methyl sites for hydroxylation is 2. The van der Waals surface area contributed by atoms with Gasteiger partial charge >= 0.3 is 0 Å². The van der Waals surface area contributed by atoms with Crippen LogP contribution in [-0.4, -0.2) is 56.3 Å². The fraction of sp³-hybridized carbons (Fsp3) is 0.448. The van der Waals surface area contributed by atoms with Crippen LogP contribution in [0.1, 0.15) is 66.7 Å². The second-order valence-electron chi connectivity index (χ2n) is 10.7. The number of piperazine rings is 1. The first-order valence-electron chi connectivity index (χ1n) is 13.6. The number of nitrogens with one attached hydrogen (secondary N) is 1. The second-order valence-corrected chi connectivity index (χ2v) is 10.7. The van der Waals surface area contributed by atoms with Gasteiger partial charge in [-0.05, 0) is 72.5 Å². The van der Waals surface area contributed by atoms with Gasteiger partial charge in [-0.25, -0.2) is 9.07 Å². The summed E-state index contributed by atoms with van der Waals surface area (Å²) >= 11 is 0. The van der Waals surface area contributed by atoms with Crippen LogP contribution in [0.4, 0.5) is 10.1 Å². The van der Waals surface area contributed by atoms with E-state index in [1.165, 1.54) is 12.5 Å². The molecule has 4 aromatic rings. The highest BCUT2D eigenvalue weighted by molar-refractivity contribution is 5.83. The number of tetrazole rings is 1. The molecular weight excluding hydrogens is 481 g/mol. The van der Waals surface area contributed by atoms with Gasteiger partial charge in [-0.1, -0.05) is 37.5 Å². The van der Waals surface area contributed by atoms with Crippen molar-refractivity contribution in [3.63, 3.8) is 0 Å². The molecule has 1 saturated carbocycles. The lowest BCUT2D eigenvalue weighted by atomic mass is 9.94. The zero-order valence-corrected chi connectivity index (χ0v) is 22.0. The molecule has 6 rings (SSSR count). The third-order valence-corrected chi connectivity index (χ3v) is 8.19. The Hall–Kier alpha value is -3.59. The molecule has 198 valence electrons.